The maximum atomic E-state index is 11.4. The van der Waals surface area contributed by atoms with E-state index in [9.17, 15) is 10.1 Å². The molecule has 23 heavy (non-hydrogen) atoms. The SMILES string of the molecule is O=[N+]([O-])c1cccc2c1N[C@H](c1ccc(Cl)cc1)[C@H]1CC=C[C@H]21. The first-order chi connectivity index (χ1) is 11.1. The zero-order valence-corrected chi connectivity index (χ0v) is 13.0. The topological polar surface area (TPSA) is 55.2 Å². The quantitative estimate of drug-likeness (QED) is 0.476. The maximum absolute atomic E-state index is 11.4. The van der Waals surface area contributed by atoms with E-state index < -0.39 is 0 Å². The molecular weight excluding hydrogens is 312 g/mol. The van der Waals surface area contributed by atoms with Gasteiger partial charge < -0.3 is 5.32 Å². The maximum Gasteiger partial charge on any atom is 0.292 e. The molecule has 5 heteroatoms. The second-order valence-corrected chi connectivity index (χ2v) is 6.46. The van der Waals surface area contributed by atoms with Crippen molar-refractivity contribution >= 4 is 23.0 Å². The highest BCUT2D eigenvalue weighted by molar-refractivity contribution is 6.30. The predicted octanol–water partition coefficient (Wildman–Crippen LogP) is 5.07. The Morgan fingerprint density at radius 3 is 2.70 bits per heavy atom. The molecule has 1 aliphatic carbocycles. The third-order valence-corrected chi connectivity index (χ3v) is 5.05. The van der Waals surface area contributed by atoms with Gasteiger partial charge in [-0.15, -0.1) is 0 Å². The van der Waals surface area contributed by atoms with Crippen LogP contribution < -0.4 is 5.32 Å². The normalized spacial score (nSPS) is 24.7. The van der Waals surface area contributed by atoms with Crippen molar-refractivity contribution in [1.29, 1.82) is 0 Å². The number of benzene rings is 2. The van der Waals surface area contributed by atoms with Crippen LogP contribution in [-0.4, -0.2) is 4.92 Å². The number of nitro benzene ring substituents is 1. The Bertz CT molecular complexity index is 801. The second-order valence-electron chi connectivity index (χ2n) is 6.03. The van der Waals surface area contributed by atoms with Crippen LogP contribution in [0.5, 0.6) is 0 Å². The number of nitro groups is 1. The van der Waals surface area contributed by atoms with Gasteiger partial charge in [0.05, 0.1) is 11.0 Å². The highest BCUT2D eigenvalue weighted by Crippen LogP contribution is 2.51. The molecule has 0 aromatic heterocycles. The molecule has 1 heterocycles. The predicted molar refractivity (Wildman–Crippen MR) is 90.9 cm³/mol. The summed E-state index contributed by atoms with van der Waals surface area (Å²) in [6.07, 6.45) is 5.32. The summed E-state index contributed by atoms with van der Waals surface area (Å²) in [6, 6.07) is 13.1. The fourth-order valence-electron chi connectivity index (χ4n) is 3.76. The van der Waals surface area contributed by atoms with Crippen molar-refractivity contribution in [3.63, 3.8) is 0 Å². The van der Waals surface area contributed by atoms with Gasteiger partial charge in [0.2, 0.25) is 0 Å². The lowest BCUT2D eigenvalue weighted by molar-refractivity contribution is -0.384. The van der Waals surface area contributed by atoms with E-state index >= 15 is 0 Å². The molecule has 0 radical (unpaired) electrons. The van der Waals surface area contributed by atoms with Gasteiger partial charge in [-0.05, 0) is 35.6 Å². The van der Waals surface area contributed by atoms with Crippen LogP contribution in [0.3, 0.4) is 0 Å². The van der Waals surface area contributed by atoms with Gasteiger partial charge in [0, 0.05) is 17.0 Å². The number of halogens is 1. The number of hydrogen-bond donors (Lipinski definition) is 1. The molecule has 0 saturated heterocycles. The van der Waals surface area contributed by atoms with Crippen molar-refractivity contribution in [3.05, 3.63) is 80.9 Å². The molecule has 116 valence electrons. The van der Waals surface area contributed by atoms with E-state index in [1.165, 1.54) is 0 Å². The van der Waals surface area contributed by atoms with Gasteiger partial charge in [-0.1, -0.05) is 48.0 Å². The standard InChI is InChI=1S/C18H15ClN2O2/c19-12-9-7-11(8-10-12)17-14-4-1-3-13(14)15-5-2-6-16(21(22)23)18(15)20-17/h1-3,5-10,13-14,17,20H,4H2/t13-,14-,17+/m0/s1. The molecule has 0 spiro atoms. The van der Waals surface area contributed by atoms with Gasteiger partial charge in [-0.3, -0.25) is 10.1 Å². The Labute approximate surface area is 138 Å². The number of nitrogens with one attached hydrogen (secondary N) is 1. The molecule has 2 aromatic carbocycles. The summed E-state index contributed by atoms with van der Waals surface area (Å²) >= 11 is 5.99. The molecule has 0 fully saturated rings. The molecule has 2 aromatic rings. The van der Waals surface area contributed by atoms with E-state index in [0.717, 1.165) is 17.5 Å². The largest absolute Gasteiger partial charge is 0.372 e. The highest BCUT2D eigenvalue weighted by atomic mass is 35.5. The summed E-state index contributed by atoms with van der Waals surface area (Å²) in [5, 5.41) is 15.5. The van der Waals surface area contributed by atoms with E-state index in [1.54, 1.807) is 12.1 Å². The van der Waals surface area contributed by atoms with Crippen LogP contribution in [0.1, 0.15) is 29.5 Å². The summed E-state index contributed by atoms with van der Waals surface area (Å²) in [5.41, 5.74) is 2.91. The van der Waals surface area contributed by atoms with Crippen molar-refractivity contribution in [2.45, 2.75) is 18.4 Å². The van der Waals surface area contributed by atoms with Crippen molar-refractivity contribution in [2.24, 2.45) is 5.92 Å². The van der Waals surface area contributed by atoms with E-state index in [1.807, 2.05) is 30.3 Å². The minimum atomic E-state index is -0.316. The van der Waals surface area contributed by atoms with Crippen molar-refractivity contribution in [2.75, 3.05) is 5.32 Å². The first-order valence-corrected chi connectivity index (χ1v) is 7.99. The molecule has 2 aliphatic rings. The van der Waals surface area contributed by atoms with Crippen LogP contribution in [0, 0.1) is 16.0 Å². The summed E-state index contributed by atoms with van der Waals surface area (Å²) in [4.78, 5) is 11.1. The van der Waals surface area contributed by atoms with Crippen LogP contribution in [0.4, 0.5) is 11.4 Å². The van der Waals surface area contributed by atoms with Crippen LogP contribution in [0.25, 0.3) is 0 Å². The van der Waals surface area contributed by atoms with E-state index in [2.05, 4.69) is 17.5 Å². The number of fused-ring (bicyclic) bond motifs is 3. The number of nitrogens with zero attached hydrogens (tertiary/aromatic N) is 1. The summed E-state index contributed by atoms with van der Waals surface area (Å²) in [7, 11) is 0. The summed E-state index contributed by atoms with van der Waals surface area (Å²) < 4.78 is 0. The Balaban J connectivity index is 1.83. The van der Waals surface area contributed by atoms with Crippen LogP contribution in [0.2, 0.25) is 5.02 Å². The van der Waals surface area contributed by atoms with Crippen LogP contribution in [-0.2, 0) is 0 Å². The van der Waals surface area contributed by atoms with Gasteiger partial charge in [0.1, 0.15) is 5.69 Å². The Kier molecular flexibility index (Phi) is 3.34. The number of hydrogen-bond acceptors (Lipinski definition) is 3. The Hall–Kier alpha value is -2.33. The first-order valence-electron chi connectivity index (χ1n) is 7.61. The molecular formula is C18H15ClN2O2. The van der Waals surface area contributed by atoms with Crippen molar-refractivity contribution < 1.29 is 4.92 Å². The fourth-order valence-corrected chi connectivity index (χ4v) is 3.88. The molecule has 0 saturated carbocycles. The van der Waals surface area contributed by atoms with Crippen LogP contribution in [0.15, 0.2) is 54.6 Å². The molecule has 1 N–H and O–H groups in total. The number of para-hydroxylation sites is 1. The minimum Gasteiger partial charge on any atom is -0.372 e. The first kappa shape index (κ1) is 14.3. The zero-order valence-electron chi connectivity index (χ0n) is 12.3. The number of rotatable bonds is 2. The lowest BCUT2D eigenvalue weighted by Crippen LogP contribution is -2.29. The lowest BCUT2D eigenvalue weighted by Gasteiger charge is -2.37. The molecule has 4 rings (SSSR count). The van der Waals surface area contributed by atoms with E-state index in [0.29, 0.717) is 16.6 Å². The summed E-state index contributed by atoms with van der Waals surface area (Å²) in [5.74, 6) is 0.581. The molecule has 1 aliphatic heterocycles. The minimum absolute atomic E-state index is 0.0425. The van der Waals surface area contributed by atoms with E-state index in [-0.39, 0.29) is 22.6 Å². The number of allylic oxidation sites excluding steroid dienone is 2. The smallest absolute Gasteiger partial charge is 0.292 e. The van der Waals surface area contributed by atoms with Crippen molar-refractivity contribution in [1.82, 2.24) is 0 Å². The molecule has 3 atom stereocenters. The average Bonchev–Trinajstić information content (AvgIpc) is 3.04. The summed E-state index contributed by atoms with van der Waals surface area (Å²) in [6.45, 7) is 0. The third-order valence-electron chi connectivity index (χ3n) is 4.80. The van der Waals surface area contributed by atoms with Gasteiger partial charge in [-0.25, -0.2) is 0 Å². The Morgan fingerprint density at radius 1 is 1.17 bits per heavy atom. The lowest BCUT2D eigenvalue weighted by atomic mass is 9.77. The average molecular weight is 327 g/mol. The van der Waals surface area contributed by atoms with Gasteiger partial charge >= 0.3 is 0 Å². The molecule has 0 amide bonds. The van der Waals surface area contributed by atoms with Gasteiger partial charge in [-0.2, -0.15) is 0 Å². The van der Waals surface area contributed by atoms with E-state index in [4.69, 9.17) is 11.6 Å². The molecule has 0 unspecified atom stereocenters. The van der Waals surface area contributed by atoms with Crippen LogP contribution >= 0.6 is 11.6 Å². The van der Waals surface area contributed by atoms with Gasteiger partial charge in [0.15, 0.2) is 0 Å². The van der Waals surface area contributed by atoms with Gasteiger partial charge in [0.25, 0.3) is 5.69 Å². The third kappa shape index (κ3) is 2.30. The Morgan fingerprint density at radius 2 is 1.96 bits per heavy atom. The monoisotopic (exact) mass is 326 g/mol. The fraction of sp³-hybridized carbons (Fsp3) is 0.222. The zero-order chi connectivity index (χ0) is 16.0. The molecule has 0 bridgehead atoms. The molecule has 4 nitrogen and oxygen atoms in total. The van der Waals surface area contributed by atoms with Crippen molar-refractivity contribution in [3.8, 4) is 0 Å². The number of anilines is 1. The highest BCUT2D eigenvalue weighted by Gasteiger charge is 2.40. The second kappa shape index (κ2) is 5.39.